The number of phenols is 3. The number of rotatable bonds is 6. The molecule has 0 aliphatic rings. The van der Waals surface area contributed by atoms with Crippen LogP contribution in [0.25, 0.3) is 32.9 Å². The van der Waals surface area contributed by atoms with E-state index in [0.29, 0.717) is 16.7 Å². The monoisotopic (exact) mass is 935 g/mol. The highest BCUT2D eigenvalue weighted by Gasteiger charge is 2.06. The molecule has 3 aromatic carbocycles. The van der Waals surface area contributed by atoms with Crippen LogP contribution < -0.4 is 31.6 Å². The lowest BCUT2D eigenvalue weighted by Crippen LogP contribution is -2.36. The number of aliphatic hydroxyl groups is 3. The second kappa shape index (κ2) is 27.1. The molecule has 0 saturated carbocycles. The summed E-state index contributed by atoms with van der Waals surface area (Å²) >= 11 is 0. The Morgan fingerprint density at radius 2 is 0.646 bits per heavy atom. The van der Waals surface area contributed by atoms with Crippen molar-refractivity contribution in [3.8, 4) is 17.2 Å². The molecule has 0 saturated heterocycles. The molecule has 3 aromatic heterocycles. The first-order valence-corrected chi connectivity index (χ1v) is 21.3. The number of aromatic hydroxyl groups is 3. The number of quaternary nitrogens is 3. The summed E-state index contributed by atoms with van der Waals surface area (Å²) in [5.74, 6) is 0.295. The van der Waals surface area contributed by atoms with Crippen LogP contribution in [-0.2, 0) is 4.57 Å². The maximum Gasteiger partial charge on any atom is 0.336 e. The molecule has 6 rings (SSSR count). The van der Waals surface area contributed by atoms with Gasteiger partial charge in [0.15, 0.2) is 0 Å². The summed E-state index contributed by atoms with van der Waals surface area (Å²) in [5, 5.41) is 55.1. The Labute approximate surface area is 378 Å². The minimum Gasteiger partial charge on any atom is -0.822 e. The number of nitrogens with zero attached hydrogens (tertiary/aromatic N) is 3. The van der Waals surface area contributed by atoms with Crippen molar-refractivity contribution in [2.24, 2.45) is 0 Å². The van der Waals surface area contributed by atoms with Gasteiger partial charge in [0.2, 0.25) is 0 Å². The lowest BCUT2D eigenvalue weighted by atomic mass is 10.1. The number of phosphoric acid groups is 1. The quantitative estimate of drug-likeness (QED) is 0.0786. The van der Waals surface area contributed by atoms with Gasteiger partial charge in [-0.15, -0.1) is 0 Å². The maximum atomic E-state index is 11.0. The first kappa shape index (κ1) is 59.6. The van der Waals surface area contributed by atoms with Crippen LogP contribution in [0.2, 0.25) is 0 Å². The number of hydrogen-bond donors (Lipinski definition) is 6. The molecule has 3 heterocycles. The van der Waals surface area contributed by atoms with Gasteiger partial charge in [-0.25, -0.2) is 14.4 Å². The van der Waals surface area contributed by atoms with Gasteiger partial charge in [0, 0.05) is 52.6 Å². The highest BCUT2D eigenvalue weighted by Crippen LogP contribution is 2.22. The predicted octanol–water partition coefficient (Wildman–Crippen LogP) is 1.65. The summed E-state index contributed by atoms with van der Waals surface area (Å²) < 4.78 is 25.8. The molecular weight excluding hydrogens is 869 g/mol. The van der Waals surface area contributed by atoms with E-state index in [1.54, 1.807) is 36.4 Å². The highest BCUT2D eigenvalue weighted by atomic mass is 31.2. The van der Waals surface area contributed by atoms with Crippen LogP contribution in [-0.4, -0.2) is 147 Å². The minimum absolute atomic E-state index is 0.0984. The Balaban J connectivity index is 0.000000758. The van der Waals surface area contributed by atoms with Crippen molar-refractivity contribution >= 4 is 40.7 Å². The largest absolute Gasteiger partial charge is 0.822 e. The van der Waals surface area contributed by atoms with Crippen LogP contribution >= 0.6 is 7.82 Å². The van der Waals surface area contributed by atoms with Crippen molar-refractivity contribution in [2.45, 2.75) is 20.8 Å². The van der Waals surface area contributed by atoms with E-state index in [1.807, 2.05) is 20.8 Å². The zero-order chi connectivity index (χ0) is 50.5. The van der Waals surface area contributed by atoms with E-state index in [4.69, 9.17) is 63.1 Å². The molecule has 0 fully saturated rings. The molecular formula is C45H66N3O16P. The first-order valence-electron chi connectivity index (χ1n) is 19.9. The Kier molecular flexibility index (Phi) is 24.9. The number of hydrogen-bond acceptors (Lipinski definition) is 16. The van der Waals surface area contributed by atoms with E-state index >= 15 is 0 Å². The highest BCUT2D eigenvalue weighted by molar-refractivity contribution is 7.40. The molecule has 0 aliphatic carbocycles. The predicted molar refractivity (Wildman–Crippen MR) is 244 cm³/mol. The third-order valence-corrected chi connectivity index (χ3v) is 8.12. The van der Waals surface area contributed by atoms with Gasteiger partial charge in [0.25, 0.3) is 0 Å². The fraction of sp³-hybridized carbons (Fsp3) is 0.400. The summed E-state index contributed by atoms with van der Waals surface area (Å²) in [5.41, 5.74) is 2.64. The maximum absolute atomic E-state index is 11.0. The van der Waals surface area contributed by atoms with Crippen molar-refractivity contribution in [1.82, 2.24) is 0 Å². The van der Waals surface area contributed by atoms with Crippen molar-refractivity contribution < 1.29 is 76.6 Å². The van der Waals surface area contributed by atoms with Gasteiger partial charge in [0.05, 0.1) is 83.2 Å². The molecule has 0 bridgehead atoms. The number of benzene rings is 3. The number of aliphatic hydroxyl groups excluding tert-OH is 3. The average molecular weight is 936 g/mol. The van der Waals surface area contributed by atoms with Crippen molar-refractivity contribution in [1.29, 1.82) is 0 Å². The summed E-state index contributed by atoms with van der Waals surface area (Å²) in [7, 11) is 13.1. The van der Waals surface area contributed by atoms with Gasteiger partial charge in [-0.3, -0.25) is 0 Å². The number of aryl methyl sites for hydroxylation is 3. The van der Waals surface area contributed by atoms with E-state index < -0.39 is 24.7 Å². The zero-order valence-electron chi connectivity index (χ0n) is 39.2. The van der Waals surface area contributed by atoms with Crippen molar-refractivity contribution in [3.05, 3.63) is 121 Å². The SMILES string of the molecule is C[N+](C)(C)CCO.C[N+](C)(C)CCO.C[N+](C)(C)CCO.Cc1cc(=O)oc2cc(O)ccc12.Cc1cc(=O)oc2cc(O)ccc12.Cc1cc(=O)oc2cc(O)ccc12.O=P([O-])([O-])[O-]. The van der Waals surface area contributed by atoms with Crippen LogP contribution in [0.15, 0.2) is 100 Å². The fourth-order valence-electron chi connectivity index (χ4n) is 4.84. The Morgan fingerprint density at radius 1 is 0.446 bits per heavy atom. The lowest BCUT2D eigenvalue weighted by molar-refractivity contribution is -0.870. The normalized spacial score (nSPS) is 11.1. The first-order chi connectivity index (χ1) is 29.7. The van der Waals surface area contributed by atoms with E-state index in [2.05, 4.69) is 63.4 Å². The summed E-state index contributed by atoms with van der Waals surface area (Å²) in [6, 6.07) is 18.5. The molecule has 0 aliphatic heterocycles. The zero-order valence-corrected chi connectivity index (χ0v) is 40.1. The number of likely N-dealkylation sites (N-methyl/N-ethyl adjacent to an activating group) is 3. The lowest BCUT2D eigenvalue weighted by Gasteiger charge is -2.36. The van der Waals surface area contributed by atoms with Crippen molar-refractivity contribution in [2.75, 3.05) is 103 Å². The second-order valence-electron chi connectivity index (χ2n) is 17.4. The van der Waals surface area contributed by atoms with Gasteiger partial charge in [-0.05, 0) is 73.9 Å². The van der Waals surface area contributed by atoms with Gasteiger partial charge >= 0.3 is 16.9 Å². The Bertz CT molecular complexity index is 2320. The van der Waals surface area contributed by atoms with E-state index in [-0.39, 0.29) is 37.1 Å². The van der Waals surface area contributed by atoms with Gasteiger partial charge in [-0.2, -0.15) is 7.82 Å². The second-order valence-corrected chi connectivity index (χ2v) is 18.3. The number of phenolic OH excluding ortho intramolecular Hbond substituents is 3. The summed E-state index contributed by atoms with van der Waals surface area (Å²) in [6.07, 6.45) is 0. The third-order valence-electron chi connectivity index (χ3n) is 8.12. The molecule has 19 nitrogen and oxygen atoms in total. The molecule has 362 valence electrons. The minimum atomic E-state index is -5.39. The van der Waals surface area contributed by atoms with Gasteiger partial charge in [-0.1, -0.05) is 0 Å². The molecule has 20 heteroatoms. The molecule has 0 atom stereocenters. The van der Waals surface area contributed by atoms with Gasteiger partial charge < -0.3 is 76.6 Å². The van der Waals surface area contributed by atoms with Crippen LogP contribution in [0.3, 0.4) is 0 Å². The smallest absolute Gasteiger partial charge is 0.336 e. The standard InChI is InChI=1S/3C10H8O3.3C5H14NO.H3O4P/c3*1-6-4-10(12)13-9-5-7(11)2-3-8(6)9;3*1-6(2,3)4-5-7;1-5(2,3)4/h3*2-5,11H,1H3;3*7H,4-5H2,1-3H3;(H3,1,2,3,4)/q;;;3*+1;/p-3. The molecule has 0 amide bonds. The van der Waals surface area contributed by atoms with Gasteiger partial charge in [0.1, 0.15) is 53.6 Å². The van der Waals surface area contributed by atoms with Crippen LogP contribution in [0, 0.1) is 20.8 Å². The molecule has 6 N–H and O–H groups in total. The third kappa shape index (κ3) is 28.2. The number of fused-ring (bicyclic) bond motifs is 3. The molecule has 6 aromatic rings. The summed E-state index contributed by atoms with van der Waals surface area (Å²) in [4.78, 5) is 58.5. The Hall–Kier alpha value is -5.44. The summed E-state index contributed by atoms with van der Waals surface area (Å²) in [6.45, 7) is 8.83. The average Bonchev–Trinajstić information content (AvgIpc) is 3.10. The van der Waals surface area contributed by atoms with Crippen molar-refractivity contribution in [3.63, 3.8) is 0 Å². The van der Waals surface area contributed by atoms with E-state index in [1.165, 1.54) is 36.4 Å². The molecule has 65 heavy (non-hydrogen) atoms. The van der Waals surface area contributed by atoms with Crippen LogP contribution in [0.4, 0.5) is 0 Å². The molecule has 0 spiro atoms. The fourth-order valence-corrected chi connectivity index (χ4v) is 4.84. The van der Waals surface area contributed by atoms with Crippen LogP contribution in [0.5, 0.6) is 17.2 Å². The van der Waals surface area contributed by atoms with E-state index in [0.717, 1.165) is 65.9 Å². The van der Waals surface area contributed by atoms with Crippen LogP contribution in [0.1, 0.15) is 16.7 Å². The Morgan fingerprint density at radius 3 is 0.800 bits per heavy atom. The topological polar surface area (TPSA) is 298 Å². The van der Waals surface area contributed by atoms with E-state index in [9.17, 15) is 14.4 Å². The molecule has 0 unspecified atom stereocenters. The molecule has 0 radical (unpaired) electrons.